The van der Waals surface area contributed by atoms with Crippen molar-refractivity contribution in [2.45, 2.75) is 6.17 Å². The summed E-state index contributed by atoms with van der Waals surface area (Å²) in [6.45, 7) is 1.96. The third-order valence-electron chi connectivity index (χ3n) is 3.13. The van der Waals surface area contributed by atoms with E-state index in [-0.39, 0.29) is 11.9 Å². The number of amidine groups is 1. The molecule has 0 spiro atoms. The van der Waals surface area contributed by atoms with Gasteiger partial charge in [0.15, 0.2) is 5.17 Å². The average Bonchev–Trinajstić information content (AvgIpc) is 2.89. The van der Waals surface area contributed by atoms with Crippen molar-refractivity contribution in [3.63, 3.8) is 0 Å². The van der Waals surface area contributed by atoms with E-state index in [1.54, 1.807) is 32.0 Å². The molecule has 0 saturated carbocycles. The molecular weight excluding hydrogens is 290 g/mol. The van der Waals surface area contributed by atoms with Gasteiger partial charge in [0.05, 0.1) is 13.2 Å². The van der Waals surface area contributed by atoms with Crippen LogP contribution in [-0.4, -0.2) is 54.9 Å². The number of hydrazone groups is 1. The molecule has 1 aromatic carbocycles. The normalized spacial score (nSPS) is 17.7. The van der Waals surface area contributed by atoms with Crippen LogP contribution in [0.5, 0.6) is 5.75 Å². The molecule has 1 unspecified atom stereocenters. The minimum Gasteiger partial charge on any atom is -0.508 e. The van der Waals surface area contributed by atoms with Gasteiger partial charge >= 0.3 is 0 Å². The number of rotatable bonds is 7. The smallest absolute Gasteiger partial charge is 0.185 e. The molecule has 2 rings (SSSR count). The topological polar surface area (TPSA) is 66.3 Å². The van der Waals surface area contributed by atoms with E-state index in [0.717, 1.165) is 16.5 Å². The number of phenolic OH excluding ortho intramolecular Hbond substituents is 1. The van der Waals surface area contributed by atoms with Gasteiger partial charge < -0.3 is 19.5 Å². The molecule has 0 aliphatic carbocycles. The molecule has 2 N–H and O–H groups in total. The Kier molecular flexibility index (Phi) is 6.16. The summed E-state index contributed by atoms with van der Waals surface area (Å²) in [6, 6.07) is 7.29. The van der Waals surface area contributed by atoms with E-state index in [1.807, 2.05) is 18.2 Å². The van der Waals surface area contributed by atoms with Crippen LogP contribution in [0.3, 0.4) is 0 Å². The highest BCUT2D eigenvalue weighted by Gasteiger charge is 2.30. The molecule has 1 aliphatic heterocycles. The fraction of sp³-hybridized carbons (Fsp3) is 0.500. The number of aromatic hydroxyl groups is 1. The van der Waals surface area contributed by atoms with Gasteiger partial charge in [-0.3, -0.25) is 5.43 Å². The summed E-state index contributed by atoms with van der Waals surface area (Å²) in [6.07, 6.45) is -0.175. The van der Waals surface area contributed by atoms with Crippen LogP contribution in [0.15, 0.2) is 29.4 Å². The Bertz CT molecular complexity index is 484. The maximum atomic E-state index is 10.0. The molecule has 0 bridgehead atoms. The van der Waals surface area contributed by atoms with Crippen molar-refractivity contribution in [1.82, 2.24) is 10.3 Å². The van der Waals surface area contributed by atoms with Crippen LogP contribution >= 0.6 is 11.8 Å². The highest BCUT2D eigenvalue weighted by Crippen LogP contribution is 2.31. The van der Waals surface area contributed by atoms with Gasteiger partial charge in [0, 0.05) is 32.1 Å². The summed E-state index contributed by atoms with van der Waals surface area (Å²) >= 11 is 1.62. The first-order valence-electron chi connectivity index (χ1n) is 6.76. The Morgan fingerprint density at radius 2 is 2.05 bits per heavy atom. The predicted molar refractivity (Wildman–Crippen MR) is 84.3 cm³/mol. The Labute approximate surface area is 129 Å². The molecule has 0 radical (unpaired) electrons. The molecule has 6 nitrogen and oxygen atoms in total. The minimum absolute atomic E-state index is 0.175. The van der Waals surface area contributed by atoms with Gasteiger partial charge in [-0.1, -0.05) is 30.0 Å². The number of methoxy groups -OCH3 is 2. The first kappa shape index (κ1) is 15.9. The van der Waals surface area contributed by atoms with Crippen molar-refractivity contribution < 1.29 is 14.6 Å². The maximum Gasteiger partial charge on any atom is 0.185 e. The number of thioether (sulfide) groups is 1. The monoisotopic (exact) mass is 311 g/mol. The fourth-order valence-electron chi connectivity index (χ4n) is 2.06. The number of para-hydroxylation sites is 1. The summed E-state index contributed by atoms with van der Waals surface area (Å²) in [4.78, 5) is 2.10. The zero-order valence-electron chi connectivity index (χ0n) is 12.3. The molecule has 1 aliphatic rings. The van der Waals surface area contributed by atoms with Crippen LogP contribution in [-0.2, 0) is 9.47 Å². The third-order valence-corrected chi connectivity index (χ3v) is 4.08. The second-order valence-corrected chi connectivity index (χ2v) is 5.57. The third kappa shape index (κ3) is 4.03. The second-order valence-electron chi connectivity index (χ2n) is 4.51. The molecule has 0 amide bonds. The number of benzene rings is 1. The van der Waals surface area contributed by atoms with E-state index < -0.39 is 0 Å². The minimum atomic E-state index is -0.175. The molecule has 1 aromatic rings. The number of hydrogen-bond acceptors (Lipinski definition) is 7. The average molecular weight is 311 g/mol. The molecule has 1 atom stereocenters. The Hall–Kier alpha value is -1.44. The Morgan fingerprint density at radius 3 is 2.76 bits per heavy atom. The Morgan fingerprint density at radius 1 is 1.29 bits per heavy atom. The van der Waals surface area contributed by atoms with Crippen LogP contribution in [0, 0.1) is 0 Å². The first-order valence-corrected chi connectivity index (χ1v) is 7.75. The van der Waals surface area contributed by atoms with Crippen molar-refractivity contribution in [2.24, 2.45) is 5.10 Å². The molecule has 7 heteroatoms. The van der Waals surface area contributed by atoms with Gasteiger partial charge in [-0.25, -0.2) is 0 Å². The van der Waals surface area contributed by atoms with Crippen molar-refractivity contribution in [2.75, 3.05) is 39.7 Å². The lowest BCUT2D eigenvalue weighted by molar-refractivity contribution is 0.161. The maximum absolute atomic E-state index is 10.0. The van der Waals surface area contributed by atoms with Crippen molar-refractivity contribution in [3.8, 4) is 5.75 Å². The van der Waals surface area contributed by atoms with Gasteiger partial charge in [-0.15, -0.1) is 0 Å². The fourth-order valence-corrected chi connectivity index (χ4v) is 2.98. The number of nitrogens with one attached hydrogen (secondary N) is 1. The van der Waals surface area contributed by atoms with Crippen LogP contribution < -0.4 is 5.43 Å². The molecule has 0 fully saturated rings. The summed E-state index contributed by atoms with van der Waals surface area (Å²) in [7, 11) is 3.36. The largest absolute Gasteiger partial charge is 0.508 e. The second kappa shape index (κ2) is 8.11. The molecule has 21 heavy (non-hydrogen) atoms. The van der Waals surface area contributed by atoms with Crippen LogP contribution in [0.2, 0.25) is 0 Å². The van der Waals surface area contributed by atoms with Gasteiger partial charge in [0.1, 0.15) is 11.9 Å². The lowest BCUT2D eigenvalue weighted by Gasteiger charge is -2.27. The van der Waals surface area contributed by atoms with Crippen LogP contribution in [0.4, 0.5) is 0 Å². The summed E-state index contributed by atoms with van der Waals surface area (Å²) in [5, 5.41) is 15.3. The predicted octanol–water partition coefficient (Wildman–Crippen LogP) is 1.59. The molecule has 1 heterocycles. The highest BCUT2D eigenvalue weighted by molar-refractivity contribution is 8.13. The number of hydrogen-bond donors (Lipinski definition) is 2. The molecule has 116 valence electrons. The van der Waals surface area contributed by atoms with Gasteiger partial charge in [-0.2, -0.15) is 5.10 Å². The van der Waals surface area contributed by atoms with E-state index in [4.69, 9.17) is 9.47 Å². The zero-order chi connectivity index (χ0) is 15.1. The highest BCUT2D eigenvalue weighted by atomic mass is 32.2. The number of phenols is 1. The lowest BCUT2D eigenvalue weighted by Crippen LogP contribution is -2.35. The van der Waals surface area contributed by atoms with E-state index in [2.05, 4.69) is 15.4 Å². The van der Waals surface area contributed by atoms with E-state index >= 15 is 0 Å². The zero-order valence-corrected chi connectivity index (χ0v) is 13.1. The number of ether oxygens (including phenoxy) is 2. The SMILES string of the molecule is COCCSC1=NNC(c2ccccc2O)N1CCOC. The van der Waals surface area contributed by atoms with Gasteiger partial charge in [0.25, 0.3) is 0 Å². The first-order chi connectivity index (χ1) is 10.3. The Balaban J connectivity index is 2.10. The van der Waals surface area contributed by atoms with E-state index in [1.165, 1.54) is 0 Å². The molecular formula is C14H21N3O3S. The van der Waals surface area contributed by atoms with Crippen molar-refractivity contribution in [3.05, 3.63) is 29.8 Å². The van der Waals surface area contributed by atoms with Crippen LogP contribution in [0.25, 0.3) is 0 Å². The molecule has 0 aromatic heterocycles. The lowest BCUT2D eigenvalue weighted by atomic mass is 10.1. The standard InChI is InChI=1S/C14H21N3O3S/c1-19-8-7-17-13(11-5-3-4-6-12(11)18)15-16-14(17)21-10-9-20-2/h3-6,13,15,18H,7-10H2,1-2H3. The van der Waals surface area contributed by atoms with E-state index in [0.29, 0.717) is 19.8 Å². The summed E-state index contributed by atoms with van der Waals surface area (Å²) < 4.78 is 10.2. The van der Waals surface area contributed by atoms with Gasteiger partial charge in [-0.05, 0) is 6.07 Å². The van der Waals surface area contributed by atoms with Crippen LogP contribution in [0.1, 0.15) is 11.7 Å². The van der Waals surface area contributed by atoms with Gasteiger partial charge in [0.2, 0.25) is 0 Å². The van der Waals surface area contributed by atoms with Crippen molar-refractivity contribution >= 4 is 16.9 Å². The summed E-state index contributed by atoms with van der Waals surface area (Å²) in [5.41, 5.74) is 3.89. The summed E-state index contributed by atoms with van der Waals surface area (Å²) in [5.74, 6) is 1.09. The number of nitrogens with zero attached hydrogens (tertiary/aromatic N) is 2. The van der Waals surface area contributed by atoms with E-state index in [9.17, 15) is 5.11 Å². The molecule has 0 saturated heterocycles. The van der Waals surface area contributed by atoms with Crippen molar-refractivity contribution in [1.29, 1.82) is 0 Å². The quantitative estimate of drug-likeness (QED) is 0.746.